The highest BCUT2D eigenvalue weighted by Crippen LogP contribution is 2.32. The third-order valence-corrected chi connectivity index (χ3v) is 5.52. The Morgan fingerprint density at radius 2 is 1.96 bits per heavy atom. The number of primary amides is 1. The van der Waals surface area contributed by atoms with E-state index in [0.29, 0.717) is 26.4 Å². The average Bonchev–Trinajstić information content (AvgIpc) is 2.83. The van der Waals surface area contributed by atoms with E-state index in [1.165, 1.54) is 17.4 Å². The summed E-state index contributed by atoms with van der Waals surface area (Å²) in [6, 6.07) is 4.69. The van der Waals surface area contributed by atoms with Crippen LogP contribution in [-0.2, 0) is 4.79 Å². The number of amides is 2. The van der Waals surface area contributed by atoms with Crippen LogP contribution >= 0.6 is 46.8 Å². The summed E-state index contributed by atoms with van der Waals surface area (Å²) in [5, 5.41) is 6.62. The Kier molecular flexibility index (Phi) is 7.05. The molecule has 2 amide bonds. The number of thiophene rings is 1. The van der Waals surface area contributed by atoms with Crippen LogP contribution < -0.4 is 21.1 Å². The van der Waals surface area contributed by atoms with Gasteiger partial charge in [-0.1, -0.05) is 23.2 Å². The summed E-state index contributed by atoms with van der Waals surface area (Å²) in [5.41, 5.74) is 6.55. The SMILES string of the molecule is Cc1sc(NC(=S)NC(=O)C(C)Oc2ccc(Cl)cc2Cl)c(C(N)=O)c1C. The molecule has 0 bridgehead atoms. The summed E-state index contributed by atoms with van der Waals surface area (Å²) in [6.45, 7) is 5.21. The molecule has 10 heteroatoms. The van der Waals surface area contributed by atoms with Gasteiger partial charge in [0.25, 0.3) is 11.8 Å². The predicted octanol–water partition coefficient (Wildman–Crippen LogP) is 4.05. The van der Waals surface area contributed by atoms with Crippen molar-refractivity contribution in [2.45, 2.75) is 26.9 Å². The third-order valence-electron chi connectivity index (χ3n) is 3.66. The van der Waals surface area contributed by atoms with Crippen LogP contribution in [0.3, 0.4) is 0 Å². The fraction of sp³-hybridized carbons (Fsp3) is 0.235. The van der Waals surface area contributed by atoms with Gasteiger partial charge in [0.05, 0.1) is 10.6 Å². The van der Waals surface area contributed by atoms with Gasteiger partial charge in [0.2, 0.25) is 0 Å². The van der Waals surface area contributed by atoms with E-state index in [2.05, 4.69) is 10.6 Å². The van der Waals surface area contributed by atoms with Crippen LogP contribution in [0.2, 0.25) is 10.0 Å². The van der Waals surface area contributed by atoms with Gasteiger partial charge >= 0.3 is 0 Å². The number of hydrogen-bond acceptors (Lipinski definition) is 5. The van der Waals surface area contributed by atoms with E-state index in [0.717, 1.165) is 10.4 Å². The Bertz CT molecular complexity index is 915. The molecule has 1 unspecified atom stereocenters. The van der Waals surface area contributed by atoms with Crippen LogP contribution in [0.4, 0.5) is 5.00 Å². The first kappa shape index (κ1) is 21.4. The molecule has 27 heavy (non-hydrogen) atoms. The molecule has 1 atom stereocenters. The molecule has 0 saturated carbocycles. The minimum Gasteiger partial charge on any atom is -0.479 e. The lowest BCUT2D eigenvalue weighted by atomic mass is 10.1. The van der Waals surface area contributed by atoms with E-state index in [-0.39, 0.29) is 5.11 Å². The Balaban J connectivity index is 2.02. The first-order valence-electron chi connectivity index (χ1n) is 7.73. The number of anilines is 1. The smallest absolute Gasteiger partial charge is 0.266 e. The van der Waals surface area contributed by atoms with Gasteiger partial charge in [-0.25, -0.2) is 0 Å². The highest BCUT2D eigenvalue weighted by Gasteiger charge is 2.21. The number of ether oxygens (including phenoxy) is 1. The van der Waals surface area contributed by atoms with E-state index in [4.69, 9.17) is 45.9 Å². The van der Waals surface area contributed by atoms with Gasteiger partial charge in [-0.3, -0.25) is 14.9 Å². The van der Waals surface area contributed by atoms with Crippen molar-refractivity contribution in [3.63, 3.8) is 0 Å². The van der Waals surface area contributed by atoms with Gasteiger partial charge in [-0.15, -0.1) is 11.3 Å². The molecule has 1 heterocycles. The van der Waals surface area contributed by atoms with Crippen LogP contribution in [0.15, 0.2) is 18.2 Å². The summed E-state index contributed by atoms with van der Waals surface area (Å²) >= 11 is 18.3. The second-order valence-electron chi connectivity index (χ2n) is 5.63. The maximum Gasteiger partial charge on any atom is 0.266 e. The molecule has 0 spiro atoms. The topological polar surface area (TPSA) is 93.4 Å². The predicted molar refractivity (Wildman–Crippen MR) is 113 cm³/mol. The van der Waals surface area contributed by atoms with Crippen molar-refractivity contribution in [1.82, 2.24) is 5.32 Å². The summed E-state index contributed by atoms with van der Waals surface area (Å²) in [6.07, 6.45) is -0.870. The number of nitrogens with two attached hydrogens (primary N) is 1. The van der Waals surface area contributed by atoms with Gasteiger partial charge in [0.1, 0.15) is 10.8 Å². The van der Waals surface area contributed by atoms with Crippen molar-refractivity contribution >= 4 is 68.7 Å². The highest BCUT2D eigenvalue weighted by molar-refractivity contribution is 7.80. The van der Waals surface area contributed by atoms with Crippen molar-refractivity contribution in [2.24, 2.45) is 5.73 Å². The van der Waals surface area contributed by atoms with E-state index in [1.54, 1.807) is 26.0 Å². The number of nitrogens with one attached hydrogen (secondary N) is 2. The molecule has 1 aromatic heterocycles. The highest BCUT2D eigenvalue weighted by atomic mass is 35.5. The number of carbonyl (C=O) groups is 2. The second-order valence-corrected chi connectivity index (χ2v) is 8.11. The number of halogens is 2. The zero-order valence-electron chi connectivity index (χ0n) is 14.7. The lowest BCUT2D eigenvalue weighted by Gasteiger charge is -2.16. The zero-order chi connectivity index (χ0) is 20.3. The lowest BCUT2D eigenvalue weighted by Crippen LogP contribution is -2.42. The summed E-state index contributed by atoms with van der Waals surface area (Å²) in [4.78, 5) is 24.9. The molecule has 0 radical (unpaired) electrons. The first-order chi connectivity index (χ1) is 12.6. The molecule has 0 saturated heterocycles. The second kappa shape index (κ2) is 8.88. The molecule has 0 aliphatic carbocycles. The van der Waals surface area contributed by atoms with Gasteiger partial charge < -0.3 is 15.8 Å². The average molecular weight is 446 g/mol. The maximum atomic E-state index is 12.3. The number of benzene rings is 1. The first-order valence-corrected chi connectivity index (χ1v) is 9.71. The minimum atomic E-state index is -0.870. The fourth-order valence-electron chi connectivity index (χ4n) is 2.17. The molecule has 144 valence electrons. The number of thiocarbonyl (C=S) groups is 1. The molecule has 6 nitrogen and oxygen atoms in total. The van der Waals surface area contributed by atoms with Crippen molar-refractivity contribution in [2.75, 3.05) is 5.32 Å². The number of aryl methyl sites for hydroxylation is 1. The molecule has 0 aliphatic rings. The zero-order valence-corrected chi connectivity index (χ0v) is 17.8. The van der Waals surface area contributed by atoms with Crippen molar-refractivity contribution in [3.8, 4) is 5.75 Å². The maximum absolute atomic E-state index is 12.3. The normalized spacial score (nSPS) is 11.6. The van der Waals surface area contributed by atoms with Crippen molar-refractivity contribution < 1.29 is 14.3 Å². The standard InChI is InChI=1S/C17H17Cl2N3O3S2/c1-7-9(3)27-16(13(7)14(20)23)22-17(26)21-15(24)8(2)25-12-5-4-10(18)6-11(12)19/h4-6,8H,1-3H3,(H2,20,23)(H2,21,22,24,26). The molecule has 1 aromatic carbocycles. The molecular weight excluding hydrogens is 429 g/mol. The number of carbonyl (C=O) groups excluding carboxylic acids is 2. The third kappa shape index (κ3) is 5.32. The quantitative estimate of drug-likeness (QED) is 0.603. The van der Waals surface area contributed by atoms with Crippen molar-refractivity contribution in [3.05, 3.63) is 44.2 Å². The molecular formula is C17H17Cl2N3O3S2. The van der Waals surface area contributed by atoms with Crippen LogP contribution in [0.1, 0.15) is 27.7 Å². The number of rotatable bonds is 5. The molecule has 4 N–H and O–H groups in total. The van der Waals surface area contributed by atoms with E-state index >= 15 is 0 Å². The molecule has 2 rings (SSSR count). The summed E-state index contributed by atoms with van der Waals surface area (Å²) < 4.78 is 5.54. The van der Waals surface area contributed by atoms with Gasteiger partial charge in [0.15, 0.2) is 11.2 Å². The lowest BCUT2D eigenvalue weighted by molar-refractivity contribution is -0.125. The Morgan fingerprint density at radius 3 is 2.56 bits per heavy atom. The van der Waals surface area contributed by atoms with Gasteiger partial charge in [-0.2, -0.15) is 0 Å². The van der Waals surface area contributed by atoms with Gasteiger partial charge in [0, 0.05) is 9.90 Å². The molecule has 0 fully saturated rings. The largest absolute Gasteiger partial charge is 0.479 e. The van der Waals surface area contributed by atoms with E-state index in [1.807, 2.05) is 6.92 Å². The van der Waals surface area contributed by atoms with Crippen LogP contribution in [0.5, 0.6) is 5.75 Å². The van der Waals surface area contributed by atoms with Gasteiger partial charge in [-0.05, 0) is 56.8 Å². The Labute approximate surface area is 176 Å². The Morgan fingerprint density at radius 1 is 1.30 bits per heavy atom. The molecule has 2 aromatic rings. The van der Waals surface area contributed by atoms with Crippen LogP contribution in [-0.4, -0.2) is 23.0 Å². The minimum absolute atomic E-state index is 0.0291. The van der Waals surface area contributed by atoms with Crippen molar-refractivity contribution in [1.29, 1.82) is 0 Å². The number of hydrogen-bond donors (Lipinski definition) is 3. The Hall–Kier alpha value is -1.87. The monoisotopic (exact) mass is 445 g/mol. The van der Waals surface area contributed by atoms with Crippen LogP contribution in [0.25, 0.3) is 0 Å². The van der Waals surface area contributed by atoms with E-state index in [9.17, 15) is 9.59 Å². The fourth-order valence-corrected chi connectivity index (χ4v) is 3.96. The van der Waals surface area contributed by atoms with E-state index < -0.39 is 17.9 Å². The molecule has 0 aliphatic heterocycles. The summed E-state index contributed by atoms with van der Waals surface area (Å²) in [7, 11) is 0. The summed E-state index contributed by atoms with van der Waals surface area (Å²) in [5.74, 6) is -0.727. The van der Waals surface area contributed by atoms with Crippen LogP contribution in [0, 0.1) is 13.8 Å².